The first-order valence-electron chi connectivity index (χ1n) is 8.15. The van der Waals surface area contributed by atoms with Crippen LogP contribution in [0.15, 0.2) is 12.1 Å². The summed E-state index contributed by atoms with van der Waals surface area (Å²) >= 11 is 6.20. The molecule has 2 aliphatic rings. The fourth-order valence-electron chi connectivity index (χ4n) is 3.03. The first-order valence-corrected chi connectivity index (χ1v) is 8.53. The highest BCUT2D eigenvalue weighted by atomic mass is 35.5. The third-order valence-corrected chi connectivity index (χ3v) is 4.45. The van der Waals surface area contributed by atoms with Gasteiger partial charge in [0, 0.05) is 18.7 Å². The molecule has 0 unspecified atom stereocenters. The molecule has 7 heteroatoms. The van der Waals surface area contributed by atoms with Crippen LogP contribution < -0.4 is 9.47 Å². The standard InChI is InChI=1S/C17H20ClNO5/c1-2-22-17(21)11-4-3-5-19(10-11)16(20)12-8-13(18)15-14(9-12)23-6-7-24-15/h8-9,11H,2-7,10H2,1H3/t11-/m0/s1. The van der Waals surface area contributed by atoms with Gasteiger partial charge in [0.1, 0.15) is 13.2 Å². The van der Waals surface area contributed by atoms with Crippen molar-refractivity contribution in [1.82, 2.24) is 4.90 Å². The van der Waals surface area contributed by atoms with Gasteiger partial charge in [0.05, 0.1) is 17.5 Å². The first kappa shape index (κ1) is 16.9. The number of carbonyl (C=O) groups is 2. The second kappa shape index (κ2) is 7.30. The number of hydrogen-bond donors (Lipinski definition) is 0. The maximum atomic E-state index is 12.8. The van der Waals surface area contributed by atoms with Crippen molar-refractivity contribution >= 4 is 23.5 Å². The summed E-state index contributed by atoms with van der Waals surface area (Å²) in [6.07, 6.45) is 1.51. The number of ether oxygens (including phenoxy) is 3. The summed E-state index contributed by atoms with van der Waals surface area (Å²) < 4.78 is 16.1. The number of likely N-dealkylation sites (tertiary alicyclic amines) is 1. The van der Waals surface area contributed by atoms with E-state index < -0.39 is 0 Å². The van der Waals surface area contributed by atoms with E-state index in [-0.39, 0.29) is 17.8 Å². The lowest BCUT2D eigenvalue weighted by Crippen LogP contribution is -2.42. The number of esters is 1. The lowest BCUT2D eigenvalue weighted by atomic mass is 9.97. The molecular weight excluding hydrogens is 334 g/mol. The Hall–Kier alpha value is -1.95. The molecule has 1 fully saturated rings. The highest BCUT2D eigenvalue weighted by molar-refractivity contribution is 6.32. The van der Waals surface area contributed by atoms with Crippen molar-refractivity contribution in [3.05, 3.63) is 22.7 Å². The quantitative estimate of drug-likeness (QED) is 0.781. The molecule has 1 aromatic carbocycles. The molecule has 6 nitrogen and oxygen atoms in total. The van der Waals surface area contributed by atoms with Crippen molar-refractivity contribution < 1.29 is 23.8 Å². The van der Waals surface area contributed by atoms with Crippen molar-refractivity contribution in [1.29, 1.82) is 0 Å². The van der Waals surface area contributed by atoms with E-state index in [0.717, 1.165) is 12.8 Å². The summed E-state index contributed by atoms with van der Waals surface area (Å²) in [7, 11) is 0. The maximum absolute atomic E-state index is 12.8. The summed E-state index contributed by atoms with van der Waals surface area (Å²) in [6, 6.07) is 3.24. The molecule has 0 saturated carbocycles. The van der Waals surface area contributed by atoms with Gasteiger partial charge in [-0.3, -0.25) is 9.59 Å². The van der Waals surface area contributed by atoms with Crippen LogP contribution in [0.4, 0.5) is 0 Å². The first-order chi connectivity index (χ1) is 11.6. The number of rotatable bonds is 3. The molecule has 130 valence electrons. The van der Waals surface area contributed by atoms with Crippen LogP contribution in [-0.4, -0.2) is 49.7 Å². The van der Waals surface area contributed by atoms with Crippen LogP contribution >= 0.6 is 11.6 Å². The molecule has 0 aromatic heterocycles. The summed E-state index contributed by atoms with van der Waals surface area (Å²) in [6.45, 7) is 3.97. The number of benzene rings is 1. The van der Waals surface area contributed by atoms with E-state index >= 15 is 0 Å². The molecule has 2 heterocycles. The van der Waals surface area contributed by atoms with Gasteiger partial charge >= 0.3 is 5.97 Å². The molecule has 1 atom stereocenters. The Kier molecular flexibility index (Phi) is 5.14. The van der Waals surface area contributed by atoms with E-state index in [1.807, 2.05) is 0 Å². The number of nitrogens with zero attached hydrogens (tertiary/aromatic N) is 1. The van der Waals surface area contributed by atoms with Crippen molar-refractivity contribution in [2.45, 2.75) is 19.8 Å². The molecule has 0 aliphatic carbocycles. The van der Waals surface area contributed by atoms with Gasteiger partial charge in [-0.2, -0.15) is 0 Å². The highest BCUT2D eigenvalue weighted by Crippen LogP contribution is 2.38. The average molecular weight is 354 g/mol. The third-order valence-electron chi connectivity index (χ3n) is 4.17. The zero-order valence-electron chi connectivity index (χ0n) is 13.5. The van der Waals surface area contributed by atoms with Crippen molar-refractivity contribution in [3.63, 3.8) is 0 Å². The van der Waals surface area contributed by atoms with E-state index in [1.165, 1.54) is 0 Å². The zero-order valence-corrected chi connectivity index (χ0v) is 14.3. The zero-order chi connectivity index (χ0) is 17.1. The molecule has 24 heavy (non-hydrogen) atoms. The van der Waals surface area contributed by atoms with Gasteiger partial charge in [0.2, 0.25) is 0 Å². The van der Waals surface area contributed by atoms with Crippen LogP contribution in [-0.2, 0) is 9.53 Å². The second-order valence-electron chi connectivity index (χ2n) is 5.82. The van der Waals surface area contributed by atoms with E-state index in [2.05, 4.69) is 0 Å². The Morgan fingerprint density at radius 1 is 1.33 bits per heavy atom. The van der Waals surface area contributed by atoms with Gasteiger partial charge < -0.3 is 19.1 Å². The van der Waals surface area contributed by atoms with Crippen LogP contribution in [0.2, 0.25) is 5.02 Å². The Morgan fingerprint density at radius 3 is 2.92 bits per heavy atom. The fraction of sp³-hybridized carbons (Fsp3) is 0.529. The molecule has 0 bridgehead atoms. The van der Waals surface area contributed by atoms with Gasteiger partial charge in [0.25, 0.3) is 5.91 Å². The molecular formula is C17H20ClNO5. The highest BCUT2D eigenvalue weighted by Gasteiger charge is 2.30. The van der Waals surface area contributed by atoms with Gasteiger partial charge in [0.15, 0.2) is 11.5 Å². The Bertz CT molecular complexity index is 648. The number of hydrogen-bond acceptors (Lipinski definition) is 5. The largest absolute Gasteiger partial charge is 0.486 e. The molecule has 0 radical (unpaired) electrons. The monoisotopic (exact) mass is 353 g/mol. The topological polar surface area (TPSA) is 65.1 Å². The fourth-order valence-corrected chi connectivity index (χ4v) is 3.30. The molecule has 2 aliphatic heterocycles. The SMILES string of the molecule is CCOC(=O)[C@H]1CCCN(C(=O)c2cc(Cl)c3c(c2)OCCO3)C1. The number of carbonyl (C=O) groups excluding carboxylic acids is 2. The van der Waals surface area contributed by atoms with Crippen molar-refractivity contribution in [2.24, 2.45) is 5.92 Å². The van der Waals surface area contributed by atoms with E-state index in [1.54, 1.807) is 24.0 Å². The predicted octanol–water partition coefficient (Wildman–Crippen LogP) is 2.53. The van der Waals surface area contributed by atoms with Gasteiger partial charge in [-0.05, 0) is 31.9 Å². The molecule has 3 rings (SSSR count). The number of amides is 1. The van der Waals surface area contributed by atoms with Crippen LogP contribution in [0.25, 0.3) is 0 Å². The van der Waals surface area contributed by atoms with Crippen molar-refractivity contribution in [3.8, 4) is 11.5 Å². The van der Waals surface area contributed by atoms with Gasteiger partial charge in [-0.15, -0.1) is 0 Å². The maximum Gasteiger partial charge on any atom is 0.310 e. The minimum Gasteiger partial charge on any atom is -0.486 e. The molecule has 1 aromatic rings. The summed E-state index contributed by atoms with van der Waals surface area (Å²) in [5.41, 5.74) is 0.439. The van der Waals surface area contributed by atoms with E-state index in [0.29, 0.717) is 55.0 Å². The number of halogens is 1. The van der Waals surface area contributed by atoms with Crippen LogP contribution in [0.3, 0.4) is 0 Å². The summed E-state index contributed by atoms with van der Waals surface area (Å²) in [5, 5.41) is 0.356. The lowest BCUT2D eigenvalue weighted by molar-refractivity contribution is -0.149. The van der Waals surface area contributed by atoms with Crippen LogP contribution in [0.5, 0.6) is 11.5 Å². The van der Waals surface area contributed by atoms with Crippen LogP contribution in [0, 0.1) is 5.92 Å². The average Bonchev–Trinajstić information content (AvgIpc) is 2.61. The molecule has 0 spiro atoms. The predicted molar refractivity (Wildman–Crippen MR) is 87.7 cm³/mol. The third kappa shape index (κ3) is 3.43. The summed E-state index contributed by atoms with van der Waals surface area (Å²) in [5.74, 6) is 0.284. The second-order valence-corrected chi connectivity index (χ2v) is 6.23. The minimum absolute atomic E-state index is 0.164. The Morgan fingerprint density at radius 2 is 2.12 bits per heavy atom. The van der Waals surface area contributed by atoms with Crippen molar-refractivity contribution in [2.75, 3.05) is 32.9 Å². The van der Waals surface area contributed by atoms with Gasteiger partial charge in [-0.25, -0.2) is 0 Å². The van der Waals surface area contributed by atoms with E-state index in [4.69, 9.17) is 25.8 Å². The smallest absolute Gasteiger partial charge is 0.310 e. The number of piperidine rings is 1. The van der Waals surface area contributed by atoms with Gasteiger partial charge in [-0.1, -0.05) is 11.6 Å². The molecule has 1 amide bonds. The Labute approximate surface area is 145 Å². The minimum atomic E-state index is -0.268. The molecule has 1 saturated heterocycles. The van der Waals surface area contributed by atoms with E-state index in [9.17, 15) is 9.59 Å². The lowest BCUT2D eigenvalue weighted by Gasteiger charge is -2.32. The Balaban J connectivity index is 1.76. The molecule has 0 N–H and O–H groups in total. The van der Waals surface area contributed by atoms with Crippen LogP contribution in [0.1, 0.15) is 30.1 Å². The normalized spacial score (nSPS) is 19.8. The number of fused-ring (bicyclic) bond motifs is 1. The summed E-state index contributed by atoms with van der Waals surface area (Å²) in [4.78, 5) is 26.4.